The predicted molar refractivity (Wildman–Crippen MR) is 78.7 cm³/mol. The van der Waals surface area contributed by atoms with Crippen molar-refractivity contribution in [2.24, 2.45) is 0 Å². The van der Waals surface area contributed by atoms with Gasteiger partial charge in [-0.1, -0.05) is 35.7 Å². The summed E-state index contributed by atoms with van der Waals surface area (Å²) in [7, 11) is 1.74. The standard InChI is InChI=1S/C15H21BrFNO/c1-3-18-14(15(19-2)8-4-5-9-15)12-10-11(16)6-7-13(12)17/h6-7,10,14,18H,3-5,8-9H2,1-2H3. The maximum absolute atomic E-state index is 14.2. The third-order valence-corrected chi connectivity index (χ3v) is 4.55. The molecule has 2 rings (SSSR count). The summed E-state index contributed by atoms with van der Waals surface area (Å²) in [6.45, 7) is 2.84. The molecule has 4 heteroatoms. The molecule has 0 amide bonds. The Morgan fingerprint density at radius 1 is 1.42 bits per heavy atom. The van der Waals surface area contributed by atoms with Gasteiger partial charge in [-0.25, -0.2) is 4.39 Å². The lowest BCUT2D eigenvalue weighted by molar-refractivity contribution is -0.0372. The molecule has 1 aliphatic carbocycles. The molecule has 0 saturated heterocycles. The molecule has 1 atom stereocenters. The highest BCUT2D eigenvalue weighted by Crippen LogP contribution is 2.43. The minimum Gasteiger partial charge on any atom is -0.376 e. The molecular formula is C15H21BrFNO. The second-order valence-corrected chi connectivity index (χ2v) is 6.05. The Kier molecular flexibility index (Phi) is 4.98. The first-order valence-corrected chi connectivity index (χ1v) is 7.66. The molecule has 0 aliphatic heterocycles. The number of methoxy groups -OCH3 is 1. The first-order chi connectivity index (χ1) is 9.13. The number of likely N-dealkylation sites (N-methyl/N-ethyl adjacent to an activating group) is 1. The van der Waals surface area contributed by atoms with Crippen molar-refractivity contribution < 1.29 is 9.13 Å². The van der Waals surface area contributed by atoms with E-state index in [4.69, 9.17) is 4.74 Å². The maximum Gasteiger partial charge on any atom is 0.128 e. The van der Waals surface area contributed by atoms with Crippen molar-refractivity contribution >= 4 is 15.9 Å². The molecule has 0 radical (unpaired) electrons. The second-order valence-electron chi connectivity index (χ2n) is 5.13. The molecule has 2 nitrogen and oxygen atoms in total. The molecule has 0 heterocycles. The fraction of sp³-hybridized carbons (Fsp3) is 0.600. The van der Waals surface area contributed by atoms with Gasteiger partial charge in [0.15, 0.2) is 0 Å². The molecule has 0 aromatic heterocycles. The Hall–Kier alpha value is -0.450. The van der Waals surface area contributed by atoms with E-state index in [0.29, 0.717) is 5.56 Å². The highest BCUT2D eigenvalue weighted by atomic mass is 79.9. The smallest absolute Gasteiger partial charge is 0.128 e. The van der Waals surface area contributed by atoms with Crippen LogP contribution in [-0.2, 0) is 4.74 Å². The summed E-state index contributed by atoms with van der Waals surface area (Å²) in [5.41, 5.74) is 0.414. The maximum atomic E-state index is 14.2. The summed E-state index contributed by atoms with van der Waals surface area (Å²) in [6, 6.07) is 5.02. The van der Waals surface area contributed by atoms with Crippen LogP contribution in [0.1, 0.15) is 44.2 Å². The van der Waals surface area contributed by atoms with Crippen LogP contribution >= 0.6 is 15.9 Å². The summed E-state index contributed by atoms with van der Waals surface area (Å²) in [6.07, 6.45) is 4.25. The highest BCUT2D eigenvalue weighted by molar-refractivity contribution is 9.10. The Balaban J connectivity index is 2.41. The van der Waals surface area contributed by atoms with Crippen LogP contribution in [0.4, 0.5) is 4.39 Å². The molecule has 1 saturated carbocycles. The fourth-order valence-corrected chi connectivity index (χ4v) is 3.48. The van der Waals surface area contributed by atoms with Gasteiger partial charge < -0.3 is 10.1 Å². The summed E-state index contributed by atoms with van der Waals surface area (Å²) < 4.78 is 20.9. The largest absolute Gasteiger partial charge is 0.376 e. The van der Waals surface area contributed by atoms with E-state index in [0.717, 1.165) is 36.7 Å². The van der Waals surface area contributed by atoms with E-state index in [1.165, 1.54) is 6.07 Å². The molecule has 1 fully saturated rings. The molecule has 0 bridgehead atoms. The van der Waals surface area contributed by atoms with E-state index >= 15 is 0 Å². The van der Waals surface area contributed by atoms with Gasteiger partial charge in [0, 0.05) is 17.1 Å². The van der Waals surface area contributed by atoms with Gasteiger partial charge in [-0.05, 0) is 37.6 Å². The molecule has 1 unspecified atom stereocenters. The van der Waals surface area contributed by atoms with Gasteiger partial charge >= 0.3 is 0 Å². The number of rotatable bonds is 5. The number of benzene rings is 1. The minimum absolute atomic E-state index is 0.0949. The summed E-state index contributed by atoms with van der Waals surface area (Å²) >= 11 is 3.43. The lowest BCUT2D eigenvalue weighted by atomic mass is 9.86. The van der Waals surface area contributed by atoms with Crippen LogP contribution in [-0.4, -0.2) is 19.3 Å². The third kappa shape index (κ3) is 3.01. The van der Waals surface area contributed by atoms with Crippen LogP contribution in [0, 0.1) is 5.82 Å². The Morgan fingerprint density at radius 2 is 2.11 bits per heavy atom. The molecule has 19 heavy (non-hydrogen) atoms. The zero-order valence-electron chi connectivity index (χ0n) is 11.5. The zero-order chi connectivity index (χ0) is 13.9. The van der Waals surface area contributed by atoms with Crippen molar-refractivity contribution in [1.29, 1.82) is 0 Å². The highest BCUT2D eigenvalue weighted by Gasteiger charge is 2.43. The Bertz CT molecular complexity index is 432. The molecular weight excluding hydrogens is 309 g/mol. The van der Waals surface area contributed by atoms with Gasteiger partial charge in [0.2, 0.25) is 0 Å². The quantitative estimate of drug-likeness (QED) is 0.874. The average molecular weight is 330 g/mol. The minimum atomic E-state index is -0.280. The molecule has 0 spiro atoms. The first kappa shape index (κ1) is 14.9. The van der Waals surface area contributed by atoms with Gasteiger partial charge in [0.05, 0.1) is 11.6 Å². The molecule has 1 aromatic rings. The fourth-order valence-electron chi connectivity index (χ4n) is 3.10. The monoisotopic (exact) mass is 329 g/mol. The van der Waals surface area contributed by atoms with Crippen molar-refractivity contribution in [3.63, 3.8) is 0 Å². The van der Waals surface area contributed by atoms with Gasteiger partial charge in [-0.3, -0.25) is 0 Å². The molecule has 106 valence electrons. The van der Waals surface area contributed by atoms with Crippen LogP contribution in [0.3, 0.4) is 0 Å². The number of hydrogen-bond donors (Lipinski definition) is 1. The Morgan fingerprint density at radius 3 is 2.68 bits per heavy atom. The van der Waals surface area contributed by atoms with Crippen LogP contribution in [0.25, 0.3) is 0 Å². The van der Waals surface area contributed by atoms with Gasteiger partial charge in [-0.15, -0.1) is 0 Å². The third-order valence-electron chi connectivity index (χ3n) is 4.06. The second kappa shape index (κ2) is 6.33. The van der Waals surface area contributed by atoms with Crippen LogP contribution in [0.15, 0.2) is 22.7 Å². The zero-order valence-corrected chi connectivity index (χ0v) is 13.1. The van der Waals surface area contributed by atoms with Crippen LogP contribution < -0.4 is 5.32 Å². The number of ether oxygens (including phenoxy) is 1. The summed E-state index contributed by atoms with van der Waals surface area (Å²) in [5, 5.41) is 3.41. The van der Waals surface area contributed by atoms with Crippen molar-refractivity contribution in [1.82, 2.24) is 5.32 Å². The lowest BCUT2D eigenvalue weighted by Crippen LogP contribution is -2.44. The van der Waals surface area contributed by atoms with E-state index in [-0.39, 0.29) is 17.5 Å². The topological polar surface area (TPSA) is 21.3 Å². The molecule has 1 aromatic carbocycles. The predicted octanol–water partition coefficient (Wildman–Crippen LogP) is 4.20. The van der Waals surface area contributed by atoms with E-state index in [1.807, 2.05) is 13.0 Å². The SMILES string of the molecule is CCNC(c1cc(Br)ccc1F)C1(OC)CCCC1. The normalized spacial score (nSPS) is 19.6. The Labute approximate surface area is 122 Å². The summed E-state index contributed by atoms with van der Waals surface area (Å²) in [5.74, 6) is -0.169. The van der Waals surface area contributed by atoms with Crippen LogP contribution in [0.2, 0.25) is 0 Å². The van der Waals surface area contributed by atoms with E-state index in [2.05, 4.69) is 21.2 Å². The average Bonchev–Trinajstić information content (AvgIpc) is 2.89. The van der Waals surface area contributed by atoms with E-state index in [9.17, 15) is 4.39 Å². The first-order valence-electron chi connectivity index (χ1n) is 6.86. The number of hydrogen-bond acceptors (Lipinski definition) is 2. The van der Waals surface area contributed by atoms with E-state index < -0.39 is 0 Å². The molecule has 1 N–H and O–H groups in total. The summed E-state index contributed by atoms with van der Waals surface area (Å²) in [4.78, 5) is 0. The number of nitrogens with one attached hydrogen (secondary N) is 1. The molecule has 1 aliphatic rings. The van der Waals surface area contributed by atoms with Crippen LogP contribution in [0.5, 0.6) is 0 Å². The van der Waals surface area contributed by atoms with Crippen molar-refractivity contribution in [3.05, 3.63) is 34.1 Å². The van der Waals surface area contributed by atoms with E-state index in [1.54, 1.807) is 13.2 Å². The van der Waals surface area contributed by atoms with Crippen molar-refractivity contribution in [2.75, 3.05) is 13.7 Å². The van der Waals surface area contributed by atoms with Crippen molar-refractivity contribution in [3.8, 4) is 0 Å². The van der Waals surface area contributed by atoms with Gasteiger partial charge in [-0.2, -0.15) is 0 Å². The van der Waals surface area contributed by atoms with Gasteiger partial charge in [0.1, 0.15) is 5.82 Å². The van der Waals surface area contributed by atoms with Crippen molar-refractivity contribution in [2.45, 2.75) is 44.2 Å². The van der Waals surface area contributed by atoms with Gasteiger partial charge in [0.25, 0.3) is 0 Å². The lowest BCUT2D eigenvalue weighted by Gasteiger charge is -2.37. The number of halogens is 2.